The first-order valence-electron chi connectivity index (χ1n) is 5.92. The minimum absolute atomic E-state index is 1.24. The van der Waals surface area contributed by atoms with Crippen molar-refractivity contribution in [3.8, 4) is 0 Å². The Kier molecular flexibility index (Phi) is 6.02. The second-order valence-corrected chi connectivity index (χ2v) is 5.54. The van der Waals surface area contributed by atoms with E-state index in [1.54, 1.807) is 39.1 Å². The first-order chi connectivity index (χ1) is 6.79. The van der Waals surface area contributed by atoms with Crippen molar-refractivity contribution < 1.29 is 24.7 Å². The van der Waals surface area contributed by atoms with Crippen LogP contribution in [0.25, 0.3) is 0 Å². The molecule has 0 N–H and O–H groups in total. The molecule has 1 heteroatoms. The van der Waals surface area contributed by atoms with Crippen molar-refractivity contribution in [1.29, 1.82) is 0 Å². The second kappa shape index (κ2) is 6.77. The van der Waals surface area contributed by atoms with Crippen LogP contribution < -0.4 is 0 Å². The molecule has 0 saturated carbocycles. The number of unbranched alkanes of at least 4 members (excludes halogenated alkanes) is 3. The van der Waals surface area contributed by atoms with E-state index in [0.29, 0.717) is 0 Å². The van der Waals surface area contributed by atoms with Gasteiger partial charge < -0.3 is 0 Å². The fourth-order valence-electron chi connectivity index (χ4n) is 2.06. The van der Waals surface area contributed by atoms with E-state index >= 15 is 0 Å². The van der Waals surface area contributed by atoms with Gasteiger partial charge in [0.05, 0.1) is 0 Å². The normalized spacial score (nSPS) is 16.2. The molecule has 0 spiro atoms. The summed E-state index contributed by atoms with van der Waals surface area (Å²) in [5, 5.41) is 0. The molecule has 0 bridgehead atoms. The predicted octanol–water partition coefficient (Wildman–Crippen LogP) is 4.50. The van der Waals surface area contributed by atoms with Gasteiger partial charge in [-0.25, -0.2) is 0 Å². The van der Waals surface area contributed by atoms with Gasteiger partial charge in [0.15, 0.2) is 0 Å². The zero-order valence-corrected chi connectivity index (χ0v) is 12.0. The first kappa shape index (κ1) is 12.4. The van der Waals surface area contributed by atoms with Crippen molar-refractivity contribution in [1.82, 2.24) is 0 Å². The van der Waals surface area contributed by atoms with Crippen LogP contribution in [-0.4, -0.2) is 0 Å². The number of hydrogen-bond donors (Lipinski definition) is 0. The topological polar surface area (TPSA) is 0 Å². The molecule has 0 aromatic heterocycles. The van der Waals surface area contributed by atoms with E-state index in [0.717, 1.165) is 0 Å². The Hall–Kier alpha value is 0.363. The third-order valence-electron chi connectivity index (χ3n) is 2.97. The van der Waals surface area contributed by atoms with E-state index in [9.17, 15) is 0 Å². The Morgan fingerprint density at radius 1 is 1.21 bits per heavy atom. The van der Waals surface area contributed by atoms with Gasteiger partial charge in [-0.2, -0.15) is 0 Å². The predicted molar refractivity (Wildman–Crippen MR) is 58.8 cm³/mol. The van der Waals surface area contributed by atoms with E-state index in [1.165, 1.54) is 44.9 Å². The molecule has 14 heavy (non-hydrogen) atoms. The summed E-state index contributed by atoms with van der Waals surface area (Å²) in [5.74, 6) is 0. The maximum absolute atomic E-state index is 2.44. The van der Waals surface area contributed by atoms with Crippen molar-refractivity contribution in [3.05, 3.63) is 20.5 Å². The third kappa shape index (κ3) is 3.50. The molecule has 0 saturated heterocycles. The summed E-state index contributed by atoms with van der Waals surface area (Å²) in [6.45, 7) is 4.56. The molecule has 0 atom stereocenters. The Labute approximate surface area is 104 Å². The number of rotatable bonds is 6. The average molecular weight is 269 g/mol. The van der Waals surface area contributed by atoms with Crippen LogP contribution in [0.4, 0.5) is 0 Å². The average Bonchev–Trinajstić information content (AvgIpc) is 2.55. The summed E-state index contributed by atoms with van der Waals surface area (Å²) in [6.07, 6.45) is 11.9. The molecule has 0 radical (unpaired) electrons. The van der Waals surface area contributed by atoms with Crippen LogP contribution in [0.3, 0.4) is 0 Å². The zero-order chi connectivity index (χ0) is 10.4. The van der Waals surface area contributed by atoms with Crippen molar-refractivity contribution >= 4 is 0 Å². The SMILES string of the molecule is CCCCCCC1=[C]([Zr])CC=C1CC. The molecule has 0 aromatic carbocycles. The van der Waals surface area contributed by atoms with Crippen molar-refractivity contribution in [2.45, 2.75) is 58.8 Å². The fraction of sp³-hybridized carbons (Fsp3) is 0.692. The second-order valence-electron chi connectivity index (χ2n) is 4.05. The molecule has 0 nitrogen and oxygen atoms in total. The van der Waals surface area contributed by atoms with Crippen LogP contribution in [0, 0.1) is 0 Å². The molecule has 0 aliphatic heterocycles. The van der Waals surface area contributed by atoms with Crippen LogP contribution in [0.15, 0.2) is 20.5 Å². The van der Waals surface area contributed by atoms with Gasteiger partial charge in [0.1, 0.15) is 0 Å². The molecule has 0 aromatic rings. The van der Waals surface area contributed by atoms with Crippen LogP contribution in [-0.2, 0) is 24.7 Å². The van der Waals surface area contributed by atoms with Gasteiger partial charge in [0.2, 0.25) is 0 Å². The van der Waals surface area contributed by atoms with Crippen LogP contribution in [0.5, 0.6) is 0 Å². The van der Waals surface area contributed by atoms with E-state index in [4.69, 9.17) is 0 Å². The third-order valence-corrected chi connectivity index (χ3v) is 4.21. The van der Waals surface area contributed by atoms with E-state index < -0.39 is 0 Å². The summed E-state index contributed by atoms with van der Waals surface area (Å²) >= 11 is 1.64. The Bertz CT molecular complexity index is 236. The van der Waals surface area contributed by atoms with Gasteiger partial charge in [0.25, 0.3) is 0 Å². The zero-order valence-electron chi connectivity index (χ0n) is 9.53. The van der Waals surface area contributed by atoms with Gasteiger partial charge in [0, 0.05) is 0 Å². The molecule has 1 rings (SSSR count). The van der Waals surface area contributed by atoms with Gasteiger partial charge in [-0.05, 0) is 0 Å². The summed E-state index contributed by atoms with van der Waals surface area (Å²) in [5.41, 5.74) is 3.37. The van der Waals surface area contributed by atoms with Crippen molar-refractivity contribution in [3.63, 3.8) is 0 Å². The molecule has 0 heterocycles. The maximum atomic E-state index is 2.44. The summed E-state index contributed by atoms with van der Waals surface area (Å²) in [7, 11) is 0. The van der Waals surface area contributed by atoms with Gasteiger partial charge in [-0.15, -0.1) is 0 Å². The van der Waals surface area contributed by atoms with Crippen molar-refractivity contribution in [2.24, 2.45) is 0 Å². The number of hydrogen-bond acceptors (Lipinski definition) is 0. The van der Waals surface area contributed by atoms with E-state index in [-0.39, 0.29) is 0 Å². The molecular weight excluding hydrogens is 247 g/mol. The molecule has 0 amide bonds. The molecule has 0 fully saturated rings. The Balaban J connectivity index is 2.35. The van der Waals surface area contributed by atoms with Crippen LogP contribution in [0.1, 0.15) is 58.8 Å². The molecule has 0 unspecified atom stereocenters. The minimum atomic E-state index is 1.24. The Morgan fingerprint density at radius 2 is 2.00 bits per heavy atom. The summed E-state index contributed by atoms with van der Waals surface area (Å²) in [4.78, 5) is 0. The molecular formula is C13H21Zr. The Morgan fingerprint density at radius 3 is 2.64 bits per heavy atom. The summed E-state index contributed by atoms with van der Waals surface area (Å²) < 4.78 is 1.71. The fourth-order valence-corrected chi connectivity index (χ4v) is 3.02. The summed E-state index contributed by atoms with van der Waals surface area (Å²) in [6, 6.07) is 0. The van der Waals surface area contributed by atoms with Crippen molar-refractivity contribution in [2.75, 3.05) is 0 Å². The van der Waals surface area contributed by atoms with Gasteiger partial charge in [-0.3, -0.25) is 0 Å². The molecule has 77 valence electrons. The molecule has 1 aliphatic carbocycles. The van der Waals surface area contributed by atoms with Gasteiger partial charge >= 0.3 is 104 Å². The quantitative estimate of drug-likeness (QED) is 0.622. The first-order valence-corrected chi connectivity index (χ1v) is 7.15. The van der Waals surface area contributed by atoms with E-state index in [2.05, 4.69) is 19.9 Å². The van der Waals surface area contributed by atoms with Gasteiger partial charge in [-0.1, -0.05) is 0 Å². The molecule has 1 aliphatic rings. The standard InChI is InChI=1S/C13H21.Zr/c1-3-5-6-7-9-13-11-8-10-12(13)4-2;/h10H,3-9H2,1-2H3;. The van der Waals surface area contributed by atoms with Crippen LogP contribution >= 0.6 is 0 Å². The van der Waals surface area contributed by atoms with Crippen LogP contribution in [0.2, 0.25) is 0 Å². The monoisotopic (exact) mass is 267 g/mol. The van der Waals surface area contributed by atoms with E-state index in [1.807, 2.05) is 0 Å². The number of allylic oxidation sites excluding steroid dienone is 4.